The maximum Gasteiger partial charge on any atom is 0.127 e. The summed E-state index contributed by atoms with van der Waals surface area (Å²) in [6.07, 6.45) is 8.66. The van der Waals surface area contributed by atoms with Crippen molar-refractivity contribution in [2.45, 2.75) is 32.6 Å². The number of hydrogen-bond donors (Lipinski definition) is 0. The summed E-state index contributed by atoms with van der Waals surface area (Å²) in [6.45, 7) is 3.00. The van der Waals surface area contributed by atoms with Gasteiger partial charge in [0.05, 0.1) is 6.61 Å². The Labute approximate surface area is 148 Å². The van der Waals surface area contributed by atoms with E-state index in [4.69, 9.17) is 4.74 Å². The van der Waals surface area contributed by atoms with Crippen LogP contribution in [0, 0.1) is 0 Å². The first-order chi connectivity index (χ1) is 11.9. The lowest BCUT2D eigenvalue weighted by atomic mass is 10.00. The zero-order valence-corrected chi connectivity index (χ0v) is 14.9. The van der Waals surface area contributed by atoms with Gasteiger partial charge < -0.3 is 4.74 Å². The molecule has 0 unspecified atom stereocenters. The van der Waals surface area contributed by atoms with Gasteiger partial charge in [-0.2, -0.15) is 0 Å². The average Bonchev–Trinajstić information content (AvgIpc) is 3.16. The van der Waals surface area contributed by atoms with Crippen molar-refractivity contribution in [2.75, 3.05) is 6.61 Å². The van der Waals surface area contributed by atoms with Crippen molar-refractivity contribution >= 4 is 11.3 Å². The van der Waals surface area contributed by atoms with Crippen LogP contribution in [0.3, 0.4) is 0 Å². The van der Waals surface area contributed by atoms with Crippen LogP contribution in [0.15, 0.2) is 60.2 Å². The average molecular weight is 337 g/mol. The van der Waals surface area contributed by atoms with Crippen molar-refractivity contribution in [1.82, 2.24) is 4.98 Å². The lowest BCUT2D eigenvalue weighted by Crippen LogP contribution is -1.99. The van der Waals surface area contributed by atoms with Gasteiger partial charge in [0.15, 0.2) is 0 Å². The van der Waals surface area contributed by atoms with Crippen LogP contribution < -0.4 is 4.74 Å². The highest BCUT2D eigenvalue weighted by Crippen LogP contribution is 2.38. The lowest BCUT2D eigenvalue weighted by molar-refractivity contribution is 0.306. The maximum absolute atomic E-state index is 6.09. The normalized spacial score (nSPS) is 10.7. The van der Waals surface area contributed by atoms with Crippen LogP contribution in [0.1, 0.15) is 32.6 Å². The number of para-hydroxylation sites is 1. The molecule has 0 aliphatic heterocycles. The van der Waals surface area contributed by atoms with Crippen molar-refractivity contribution in [3.8, 4) is 27.3 Å². The molecule has 0 radical (unpaired) electrons. The van der Waals surface area contributed by atoms with Gasteiger partial charge >= 0.3 is 0 Å². The van der Waals surface area contributed by atoms with Gasteiger partial charge in [-0.15, -0.1) is 11.3 Å². The summed E-state index contributed by atoms with van der Waals surface area (Å²) in [5.74, 6) is 0.956. The molecule has 0 aliphatic rings. The Bertz CT molecular complexity index is 752. The second-order valence-electron chi connectivity index (χ2n) is 5.80. The topological polar surface area (TPSA) is 22.1 Å². The van der Waals surface area contributed by atoms with E-state index in [-0.39, 0.29) is 0 Å². The number of ether oxygens (including phenoxy) is 1. The van der Waals surface area contributed by atoms with E-state index in [0.717, 1.165) is 29.9 Å². The predicted molar refractivity (Wildman–Crippen MR) is 103 cm³/mol. The molecule has 0 saturated heterocycles. The molecule has 0 amide bonds. The van der Waals surface area contributed by atoms with Crippen molar-refractivity contribution in [3.05, 3.63) is 60.2 Å². The zero-order chi connectivity index (χ0) is 16.6. The first-order valence-electron chi connectivity index (χ1n) is 8.60. The van der Waals surface area contributed by atoms with Gasteiger partial charge in [0.1, 0.15) is 5.75 Å². The van der Waals surface area contributed by atoms with Crippen molar-refractivity contribution < 1.29 is 4.74 Å². The fraction of sp³-hybridized carbons (Fsp3) is 0.286. The standard InChI is InChI=1S/C21H23NOS/c1-2-3-4-7-14-23-20-10-6-5-9-18(20)17-12-13-22-16-19(17)21-11-8-15-24-21/h5-6,8-13,15-16H,2-4,7,14H2,1H3. The molecule has 3 rings (SSSR count). The molecule has 0 spiro atoms. The third-order valence-electron chi connectivity index (χ3n) is 4.04. The van der Waals surface area contributed by atoms with E-state index in [0.29, 0.717) is 0 Å². The fourth-order valence-corrected chi connectivity index (χ4v) is 3.53. The minimum Gasteiger partial charge on any atom is -0.493 e. The van der Waals surface area contributed by atoms with E-state index in [9.17, 15) is 0 Å². The van der Waals surface area contributed by atoms with Crippen LogP contribution in [0.2, 0.25) is 0 Å². The number of thiophene rings is 1. The molecule has 2 nitrogen and oxygen atoms in total. The zero-order valence-electron chi connectivity index (χ0n) is 14.1. The van der Waals surface area contributed by atoms with Gasteiger partial charge in [-0.3, -0.25) is 4.98 Å². The number of aromatic nitrogens is 1. The summed E-state index contributed by atoms with van der Waals surface area (Å²) in [4.78, 5) is 5.55. The first kappa shape index (κ1) is 16.7. The Kier molecular flexibility index (Phi) is 6.02. The lowest BCUT2D eigenvalue weighted by Gasteiger charge is -2.14. The second-order valence-corrected chi connectivity index (χ2v) is 6.75. The Morgan fingerprint density at radius 3 is 2.67 bits per heavy atom. The van der Waals surface area contributed by atoms with Crippen molar-refractivity contribution in [2.24, 2.45) is 0 Å². The molecule has 0 atom stereocenters. The summed E-state index contributed by atoms with van der Waals surface area (Å²) in [6, 6.07) is 14.6. The SMILES string of the molecule is CCCCCCOc1ccccc1-c1ccncc1-c1cccs1. The van der Waals surface area contributed by atoms with Gasteiger partial charge in [-0.05, 0) is 35.6 Å². The van der Waals surface area contributed by atoms with Gasteiger partial charge in [0, 0.05) is 28.4 Å². The Balaban J connectivity index is 1.85. The molecule has 2 aromatic heterocycles. The third-order valence-corrected chi connectivity index (χ3v) is 4.94. The van der Waals surface area contributed by atoms with Crippen molar-refractivity contribution in [3.63, 3.8) is 0 Å². The molecule has 3 aromatic rings. The first-order valence-corrected chi connectivity index (χ1v) is 9.48. The van der Waals surface area contributed by atoms with E-state index in [1.54, 1.807) is 11.3 Å². The number of hydrogen-bond acceptors (Lipinski definition) is 3. The largest absolute Gasteiger partial charge is 0.493 e. The van der Waals surface area contributed by atoms with Crippen molar-refractivity contribution in [1.29, 1.82) is 0 Å². The van der Waals surface area contributed by atoms with Crippen LogP contribution in [-0.2, 0) is 0 Å². The van der Waals surface area contributed by atoms with Crippen LogP contribution in [0.4, 0.5) is 0 Å². The highest BCUT2D eigenvalue weighted by atomic mass is 32.1. The quantitative estimate of drug-likeness (QED) is 0.441. The molecule has 0 aliphatic carbocycles. The predicted octanol–water partition coefficient (Wildman–Crippen LogP) is 6.44. The molecule has 0 fully saturated rings. The molecular formula is C21H23NOS. The second kappa shape index (κ2) is 8.65. The molecule has 2 heterocycles. The van der Waals surface area contributed by atoms with E-state index in [1.165, 1.54) is 29.7 Å². The summed E-state index contributed by atoms with van der Waals surface area (Å²) in [5.41, 5.74) is 3.48. The highest BCUT2D eigenvalue weighted by Gasteiger charge is 2.12. The smallest absolute Gasteiger partial charge is 0.127 e. The summed E-state index contributed by atoms with van der Waals surface area (Å²) < 4.78 is 6.09. The Morgan fingerprint density at radius 2 is 1.83 bits per heavy atom. The minimum absolute atomic E-state index is 0.774. The van der Waals surface area contributed by atoms with Crippen LogP contribution in [0.5, 0.6) is 5.75 Å². The summed E-state index contributed by atoms with van der Waals surface area (Å²) in [7, 11) is 0. The number of nitrogens with zero attached hydrogens (tertiary/aromatic N) is 1. The summed E-state index contributed by atoms with van der Waals surface area (Å²) in [5, 5.41) is 2.10. The third kappa shape index (κ3) is 4.04. The molecule has 0 N–H and O–H groups in total. The van der Waals surface area contributed by atoms with Gasteiger partial charge in [-0.25, -0.2) is 0 Å². The molecule has 3 heteroatoms. The Hall–Kier alpha value is -2.13. The van der Waals surface area contributed by atoms with E-state index >= 15 is 0 Å². The van der Waals surface area contributed by atoms with E-state index in [1.807, 2.05) is 18.5 Å². The molecule has 0 saturated carbocycles. The maximum atomic E-state index is 6.09. The Morgan fingerprint density at radius 1 is 0.917 bits per heavy atom. The minimum atomic E-state index is 0.774. The highest BCUT2D eigenvalue weighted by molar-refractivity contribution is 7.13. The molecule has 24 heavy (non-hydrogen) atoms. The van der Waals surface area contributed by atoms with Crippen LogP contribution in [-0.4, -0.2) is 11.6 Å². The number of unbranched alkanes of at least 4 members (excludes halogenated alkanes) is 3. The van der Waals surface area contributed by atoms with Crippen LogP contribution >= 0.6 is 11.3 Å². The number of pyridine rings is 1. The molecule has 1 aromatic carbocycles. The molecule has 124 valence electrons. The monoisotopic (exact) mass is 337 g/mol. The van der Waals surface area contributed by atoms with Gasteiger partial charge in [0.2, 0.25) is 0 Å². The van der Waals surface area contributed by atoms with Gasteiger partial charge in [0.25, 0.3) is 0 Å². The number of benzene rings is 1. The van der Waals surface area contributed by atoms with Crippen LogP contribution in [0.25, 0.3) is 21.6 Å². The van der Waals surface area contributed by atoms with Gasteiger partial charge in [-0.1, -0.05) is 50.5 Å². The van der Waals surface area contributed by atoms with E-state index < -0.39 is 0 Å². The molecule has 0 bridgehead atoms. The van der Waals surface area contributed by atoms with E-state index in [2.05, 4.69) is 53.7 Å². The number of rotatable bonds is 8. The molecular weight excluding hydrogens is 314 g/mol. The summed E-state index contributed by atoms with van der Waals surface area (Å²) >= 11 is 1.74. The fourth-order valence-electron chi connectivity index (χ4n) is 2.78.